The summed E-state index contributed by atoms with van der Waals surface area (Å²) in [5.74, 6) is 2.64. The molecule has 0 aromatic heterocycles. The van der Waals surface area contributed by atoms with E-state index >= 15 is 0 Å². The zero-order chi connectivity index (χ0) is 33.0. The number of carbonyl (C=O) groups is 4. The molecule has 10 atom stereocenters. The van der Waals surface area contributed by atoms with Gasteiger partial charge < -0.3 is 43.1 Å². The lowest BCUT2D eigenvalue weighted by atomic mass is 9.95. The van der Waals surface area contributed by atoms with Crippen LogP contribution < -0.4 is 21.3 Å². The number of rotatable bonds is 14. The molecular formula is C30H50N4O9S2Si2. The summed E-state index contributed by atoms with van der Waals surface area (Å²) < 4.78 is 32.4. The van der Waals surface area contributed by atoms with Gasteiger partial charge in [-0.05, 0) is 49.0 Å². The van der Waals surface area contributed by atoms with Gasteiger partial charge in [-0.15, -0.1) is 0 Å². The molecule has 13 nitrogen and oxygen atoms in total. The van der Waals surface area contributed by atoms with Crippen molar-refractivity contribution in [3.8, 4) is 0 Å². The van der Waals surface area contributed by atoms with Gasteiger partial charge in [0.05, 0.1) is 12.2 Å². The van der Waals surface area contributed by atoms with Crippen LogP contribution >= 0.6 is 23.5 Å². The van der Waals surface area contributed by atoms with E-state index in [0.29, 0.717) is 75.5 Å². The Morgan fingerprint density at radius 3 is 1.66 bits per heavy atom. The van der Waals surface area contributed by atoms with E-state index in [0.717, 1.165) is 37.2 Å². The lowest BCUT2D eigenvalue weighted by Crippen LogP contribution is -2.56. The third kappa shape index (κ3) is 8.59. The van der Waals surface area contributed by atoms with Gasteiger partial charge in [0.25, 0.3) is 0 Å². The number of amides is 4. The second-order valence-electron chi connectivity index (χ2n) is 13.6. The van der Waals surface area contributed by atoms with Crippen molar-refractivity contribution in [2.24, 2.45) is 11.8 Å². The lowest BCUT2D eigenvalue weighted by Gasteiger charge is -2.34. The number of hydrogen-bond donors (Lipinski definition) is 4. The highest BCUT2D eigenvalue weighted by molar-refractivity contribution is 8.00. The highest BCUT2D eigenvalue weighted by Gasteiger charge is 2.58. The van der Waals surface area contributed by atoms with Crippen LogP contribution in [0.15, 0.2) is 0 Å². The molecule has 17 heteroatoms. The summed E-state index contributed by atoms with van der Waals surface area (Å²) in [5.41, 5.74) is 0. The van der Waals surface area contributed by atoms with Crippen LogP contribution in [0.5, 0.6) is 0 Å². The Kier molecular flexibility index (Phi) is 12.0. The van der Waals surface area contributed by atoms with Crippen molar-refractivity contribution >= 4 is 64.8 Å². The lowest BCUT2D eigenvalue weighted by molar-refractivity contribution is -0.122. The molecule has 264 valence electrons. The molecule has 4 N–H and O–H groups in total. The van der Waals surface area contributed by atoms with Crippen molar-refractivity contribution in [2.75, 3.05) is 38.8 Å². The van der Waals surface area contributed by atoms with Crippen molar-refractivity contribution in [3.05, 3.63) is 0 Å². The van der Waals surface area contributed by atoms with E-state index < -0.39 is 17.6 Å². The summed E-state index contributed by atoms with van der Waals surface area (Å²) in [6.07, 6.45) is 6.71. The maximum absolute atomic E-state index is 12.8. The molecule has 10 unspecified atom stereocenters. The standard InChI is InChI=1S/C30H50N4O9S2Si2/c1-39-46(11-5-9-31-25(35)15-23-29-19(17-44-23)13-27(37)33-29)41-21-7-3-4-8-22(21)42-47(40-2,43-46)12-6-10-32-26(36)16-24-30-20(18-45-24)14-28(38)34-30/h19-24,29-30H,3-18H2,1-2H3,(H,31,35)(H,32,36)(H,33,37)(H,34,38). The first-order valence-electron chi connectivity index (χ1n) is 17.2. The van der Waals surface area contributed by atoms with Gasteiger partial charge in [0.15, 0.2) is 0 Å². The number of hydrogen-bond acceptors (Lipinski definition) is 11. The van der Waals surface area contributed by atoms with E-state index in [1.165, 1.54) is 0 Å². The monoisotopic (exact) mass is 730 g/mol. The van der Waals surface area contributed by atoms with Gasteiger partial charge in [-0.25, -0.2) is 0 Å². The zero-order valence-corrected chi connectivity index (χ0v) is 31.1. The predicted molar refractivity (Wildman–Crippen MR) is 181 cm³/mol. The van der Waals surface area contributed by atoms with Gasteiger partial charge in [0.1, 0.15) is 0 Å². The highest BCUT2D eigenvalue weighted by Crippen LogP contribution is 2.41. The molecule has 6 rings (SSSR count). The number of thioether (sulfide) groups is 2. The van der Waals surface area contributed by atoms with Crippen molar-refractivity contribution in [1.82, 2.24) is 21.3 Å². The molecule has 0 bridgehead atoms. The summed E-state index contributed by atoms with van der Waals surface area (Å²) in [6.45, 7) is 0.934. The van der Waals surface area contributed by atoms with Gasteiger partial charge in [0, 0.05) is 87.7 Å². The first kappa shape index (κ1) is 35.6. The molecule has 6 aliphatic rings. The van der Waals surface area contributed by atoms with Crippen LogP contribution in [0.1, 0.15) is 64.2 Å². The van der Waals surface area contributed by atoms with Gasteiger partial charge >= 0.3 is 17.6 Å². The van der Waals surface area contributed by atoms with Gasteiger partial charge in [-0.1, -0.05) is 12.8 Å². The van der Waals surface area contributed by atoms with Crippen molar-refractivity contribution in [1.29, 1.82) is 0 Å². The van der Waals surface area contributed by atoms with E-state index in [9.17, 15) is 19.2 Å². The third-order valence-corrected chi connectivity index (χ3v) is 20.4. The molecule has 1 aliphatic carbocycles. The van der Waals surface area contributed by atoms with Gasteiger partial charge in [-0.3, -0.25) is 19.2 Å². The number of nitrogens with one attached hydrogen (secondary N) is 4. The maximum atomic E-state index is 12.8. The second-order valence-corrected chi connectivity index (χ2v) is 22.0. The SMILES string of the molecule is CO[Si]1(CCCNC(=O)CC2SCC3CC(=O)NC32)OC2CCCCC2O[Si](CCCNC(=O)CC2SCC3CC(=O)NC32)(OC)O1. The largest absolute Gasteiger partial charge is 0.493 e. The molecule has 0 radical (unpaired) electrons. The molecule has 0 spiro atoms. The van der Waals surface area contributed by atoms with Crippen LogP contribution in [-0.4, -0.2) is 115 Å². The summed E-state index contributed by atoms with van der Waals surface area (Å²) in [7, 11) is -3.23. The zero-order valence-electron chi connectivity index (χ0n) is 27.4. The van der Waals surface area contributed by atoms with Crippen molar-refractivity contribution in [2.45, 2.75) is 111 Å². The van der Waals surface area contributed by atoms with Crippen molar-refractivity contribution < 1.29 is 41.0 Å². The van der Waals surface area contributed by atoms with Crippen LogP contribution in [0.2, 0.25) is 12.1 Å². The third-order valence-electron chi connectivity index (χ3n) is 10.4. The molecule has 0 aromatic rings. The van der Waals surface area contributed by atoms with Crippen LogP contribution in [0.25, 0.3) is 0 Å². The molecule has 4 amide bonds. The van der Waals surface area contributed by atoms with E-state index in [-0.39, 0.29) is 58.4 Å². The molecule has 0 aromatic carbocycles. The minimum atomic E-state index is -3.25. The van der Waals surface area contributed by atoms with E-state index in [1.807, 2.05) is 0 Å². The average Bonchev–Trinajstić information content (AvgIpc) is 3.79. The average molecular weight is 731 g/mol. The van der Waals surface area contributed by atoms with Crippen molar-refractivity contribution in [3.63, 3.8) is 0 Å². The fraction of sp³-hybridized carbons (Fsp3) is 0.867. The summed E-state index contributed by atoms with van der Waals surface area (Å²) in [5, 5.41) is 12.4. The topological polar surface area (TPSA) is 163 Å². The van der Waals surface area contributed by atoms with E-state index in [1.54, 1.807) is 37.7 Å². The van der Waals surface area contributed by atoms with E-state index in [4.69, 9.17) is 21.8 Å². The first-order valence-corrected chi connectivity index (χ1v) is 23.2. The van der Waals surface area contributed by atoms with Crippen LogP contribution in [0, 0.1) is 11.8 Å². The fourth-order valence-electron chi connectivity index (χ4n) is 7.90. The fourth-order valence-corrected chi connectivity index (χ4v) is 18.4. The second kappa shape index (κ2) is 15.8. The summed E-state index contributed by atoms with van der Waals surface area (Å²) in [6, 6.07) is 1.22. The molecule has 5 heterocycles. The van der Waals surface area contributed by atoms with Gasteiger partial charge in [0.2, 0.25) is 23.6 Å². The Balaban J connectivity index is 0.996. The summed E-state index contributed by atoms with van der Waals surface area (Å²) in [4.78, 5) is 49.2. The van der Waals surface area contributed by atoms with Crippen LogP contribution in [0.3, 0.4) is 0 Å². The minimum Gasteiger partial charge on any atom is -0.377 e. The normalized spacial score (nSPS) is 39.4. The predicted octanol–water partition coefficient (Wildman–Crippen LogP) is 1.56. The van der Waals surface area contributed by atoms with E-state index in [2.05, 4.69) is 21.3 Å². The van der Waals surface area contributed by atoms with Crippen LogP contribution in [-0.2, 0) is 41.0 Å². The Hall–Kier alpha value is -1.19. The molecule has 5 saturated heterocycles. The quantitative estimate of drug-likeness (QED) is 0.152. The first-order chi connectivity index (χ1) is 22.7. The minimum absolute atomic E-state index is 0.0159. The highest BCUT2D eigenvalue weighted by atomic mass is 32.2. The number of fused-ring (bicyclic) bond motifs is 3. The molecule has 5 aliphatic heterocycles. The molecule has 1 saturated carbocycles. The molecular weight excluding hydrogens is 681 g/mol. The Morgan fingerprint density at radius 1 is 0.787 bits per heavy atom. The van der Waals surface area contributed by atoms with Gasteiger partial charge in [-0.2, -0.15) is 23.5 Å². The van der Waals surface area contributed by atoms with Crippen LogP contribution in [0.4, 0.5) is 0 Å². The summed E-state index contributed by atoms with van der Waals surface area (Å²) >= 11 is 3.55. The number of carbonyl (C=O) groups excluding carboxylic acids is 4. The molecule has 6 fully saturated rings. The Morgan fingerprint density at radius 2 is 1.23 bits per heavy atom. The Bertz CT molecular complexity index is 1090. The smallest absolute Gasteiger partial charge is 0.377 e. The molecule has 47 heavy (non-hydrogen) atoms. The Labute approximate surface area is 287 Å². The maximum Gasteiger partial charge on any atom is 0.493 e.